The maximum atomic E-state index is 5.83. The van der Waals surface area contributed by atoms with Crippen molar-refractivity contribution in [3.05, 3.63) is 131 Å². The lowest BCUT2D eigenvalue weighted by Crippen LogP contribution is -2.32. The lowest BCUT2D eigenvalue weighted by Gasteiger charge is -2.34. The van der Waals surface area contributed by atoms with E-state index in [0.717, 1.165) is 39.2 Å². The van der Waals surface area contributed by atoms with Crippen LogP contribution in [0.2, 0.25) is 0 Å². The maximum absolute atomic E-state index is 5.83. The summed E-state index contributed by atoms with van der Waals surface area (Å²) >= 11 is 0. The molecule has 0 aliphatic rings. The molecule has 0 atom stereocenters. The Kier molecular flexibility index (Phi) is 4.62. The minimum Gasteiger partial charge on any atom is -0.326 e. The van der Waals surface area contributed by atoms with Crippen molar-refractivity contribution in [1.82, 2.24) is 15.0 Å². The van der Waals surface area contributed by atoms with Gasteiger partial charge in [0.1, 0.15) is 16.8 Å². The Morgan fingerprint density at radius 3 is 1.70 bits per heavy atom. The van der Waals surface area contributed by atoms with Crippen molar-refractivity contribution in [2.24, 2.45) is 5.73 Å². The van der Waals surface area contributed by atoms with Gasteiger partial charge in [0.2, 0.25) is 0 Å². The van der Waals surface area contributed by atoms with Crippen LogP contribution in [0, 0.1) is 0 Å². The fraction of sp³-hybridized carbons (Fsp3) is 0.0769. The van der Waals surface area contributed by atoms with Crippen molar-refractivity contribution >= 4 is 11.2 Å². The van der Waals surface area contributed by atoms with E-state index < -0.39 is 5.41 Å². The van der Waals surface area contributed by atoms with Crippen LogP contribution in [-0.4, -0.2) is 15.0 Å². The van der Waals surface area contributed by atoms with Gasteiger partial charge in [-0.3, -0.25) is 0 Å². The fourth-order valence-corrected chi connectivity index (χ4v) is 4.20. The zero-order chi connectivity index (χ0) is 20.4. The Balaban J connectivity index is 1.89. The first-order valence-electron chi connectivity index (χ1n) is 10.0. The molecule has 3 N–H and O–H groups in total. The molecule has 5 aromatic rings. The van der Waals surface area contributed by atoms with Gasteiger partial charge in [0.05, 0.1) is 0 Å². The molecule has 0 amide bonds. The van der Waals surface area contributed by atoms with Crippen LogP contribution in [0.25, 0.3) is 11.2 Å². The molecule has 4 nitrogen and oxygen atoms in total. The lowest BCUT2D eigenvalue weighted by atomic mass is 9.69. The Bertz CT molecular complexity index is 1170. The molecule has 0 unspecified atom stereocenters. The number of hydrogen-bond acceptors (Lipinski definition) is 3. The molecule has 0 fully saturated rings. The molecule has 2 aromatic heterocycles. The van der Waals surface area contributed by atoms with Gasteiger partial charge in [0.25, 0.3) is 0 Å². The highest BCUT2D eigenvalue weighted by molar-refractivity contribution is 5.73. The summed E-state index contributed by atoms with van der Waals surface area (Å²) in [6.07, 6.45) is 1.81. The number of H-pyrrole nitrogens is 1. The predicted octanol–water partition coefficient (Wildman–Crippen LogP) is 4.80. The van der Waals surface area contributed by atoms with Crippen LogP contribution in [0.5, 0.6) is 0 Å². The number of fused-ring (bicyclic) bond motifs is 1. The van der Waals surface area contributed by atoms with Gasteiger partial charge in [0, 0.05) is 12.7 Å². The molecular weight excluding hydrogens is 368 g/mol. The number of benzene rings is 3. The summed E-state index contributed by atoms with van der Waals surface area (Å²) < 4.78 is 0. The van der Waals surface area contributed by atoms with Crippen LogP contribution in [0.15, 0.2) is 103 Å². The zero-order valence-electron chi connectivity index (χ0n) is 16.5. The van der Waals surface area contributed by atoms with E-state index >= 15 is 0 Å². The number of aromatic amines is 1. The van der Waals surface area contributed by atoms with E-state index in [1.165, 1.54) is 0 Å². The van der Waals surface area contributed by atoms with Gasteiger partial charge >= 0.3 is 0 Å². The highest BCUT2D eigenvalue weighted by atomic mass is 15.0. The van der Waals surface area contributed by atoms with Crippen LogP contribution in [0.3, 0.4) is 0 Å². The molecule has 0 aliphatic carbocycles. The first-order chi connectivity index (χ1) is 14.8. The van der Waals surface area contributed by atoms with Crippen LogP contribution in [0.1, 0.15) is 28.1 Å². The predicted molar refractivity (Wildman–Crippen MR) is 120 cm³/mol. The van der Waals surface area contributed by atoms with E-state index in [1.807, 2.05) is 24.3 Å². The van der Waals surface area contributed by atoms with Gasteiger partial charge in [0.15, 0.2) is 5.65 Å². The third-order valence-corrected chi connectivity index (χ3v) is 5.60. The first-order valence-corrected chi connectivity index (χ1v) is 10.0. The standard InChI is InChI=1S/C26H22N4/c27-17-19-16-23-24(28-18-19)30-25(29-23)26(20-10-4-1-5-11-20,21-12-6-2-7-13-21)22-14-8-3-9-15-22/h1-16,18H,17,27H2,(H,28,29,30). The third kappa shape index (κ3) is 2.90. The maximum Gasteiger partial charge on any atom is 0.157 e. The SMILES string of the molecule is NCc1cnc2[nH]c(C(c3ccccc3)(c3ccccc3)c3ccccc3)nc2c1. The summed E-state index contributed by atoms with van der Waals surface area (Å²) in [7, 11) is 0. The molecule has 0 saturated heterocycles. The van der Waals surface area contributed by atoms with Gasteiger partial charge in [-0.1, -0.05) is 91.0 Å². The van der Waals surface area contributed by atoms with Gasteiger partial charge in [-0.25, -0.2) is 9.97 Å². The van der Waals surface area contributed by atoms with E-state index in [4.69, 9.17) is 10.7 Å². The normalized spacial score (nSPS) is 11.6. The molecule has 146 valence electrons. The molecule has 0 saturated carbocycles. The van der Waals surface area contributed by atoms with E-state index in [0.29, 0.717) is 6.54 Å². The Morgan fingerprint density at radius 2 is 1.23 bits per heavy atom. The summed E-state index contributed by atoms with van der Waals surface area (Å²) in [5.41, 5.74) is 11.2. The van der Waals surface area contributed by atoms with Crippen molar-refractivity contribution in [3.63, 3.8) is 0 Å². The van der Waals surface area contributed by atoms with Crippen molar-refractivity contribution in [1.29, 1.82) is 0 Å². The van der Waals surface area contributed by atoms with Gasteiger partial charge in [-0.05, 0) is 28.3 Å². The number of imidazole rings is 1. The van der Waals surface area contributed by atoms with E-state index in [9.17, 15) is 0 Å². The number of nitrogens with one attached hydrogen (secondary N) is 1. The number of rotatable bonds is 5. The Labute approximate surface area is 175 Å². The number of aromatic nitrogens is 3. The first kappa shape index (κ1) is 18.3. The summed E-state index contributed by atoms with van der Waals surface area (Å²) in [4.78, 5) is 13.1. The molecule has 0 radical (unpaired) electrons. The van der Waals surface area contributed by atoms with Gasteiger partial charge < -0.3 is 10.7 Å². The molecule has 0 bridgehead atoms. The molecule has 2 heterocycles. The zero-order valence-corrected chi connectivity index (χ0v) is 16.5. The average Bonchev–Trinajstić information content (AvgIpc) is 3.25. The van der Waals surface area contributed by atoms with Crippen LogP contribution in [-0.2, 0) is 12.0 Å². The van der Waals surface area contributed by atoms with Crippen LogP contribution in [0.4, 0.5) is 0 Å². The van der Waals surface area contributed by atoms with E-state index in [2.05, 4.69) is 82.8 Å². The molecule has 3 aromatic carbocycles. The lowest BCUT2D eigenvalue weighted by molar-refractivity contribution is 0.695. The molecule has 0 aliphatic heterocycles. The van der Waals surface area contributed by atoms with Crippen LogP contribution >= 0.6 is 0 Å². The van der Waals surface area contributed by atoms with Crippen LogP contribution < -0.4 is 5.73 Å². The highest BCUT2D eigenvalue weighted by Gasteiger charge is 2.41. The summed E-state index contributed by atoms with van der Waals surface area (Å²) in [5, 5.41) is 0. The number of pyridine rings is 1. The minimum absolute atomic E-state index is 0.437. The second-order valence-electron chi connectivity index (χ2n) is 7.35. The van der Waals surface area contributed by atoms with Gasteiger partial charge in [-0.2, -0.15) is 0 Å². The molecule has 4 heteroatoms. The summed E-state index contributed by atoms with van der Waals surface area (Å²) in [5.74, 6) is 0.836. The van der Waals surface area contributed by atoms with E-state index in [1.54, 1.807) is 6.20 Å². The van der Waals surface area contributed by atoms with Crippen molar-refractivity contribution in [2.45, 2.75) is 12.0 Å². The molecule has 30 heavy (non-hydrogen) atoms. The van der Waals surface area contributed by atoms with Crippen molar-refractivity contribution in [3.8, 4) is 0 Å². The smallest absolute Gasteiger partial charge is 0.157 e. The highest BCUT2D eigenvalue weighted by Crippen LogP contribution is 2.44. The molecule has 5 rings (SSSR count). The van der Waals surface area contributed by atoms with Crippen molar-refractivity contribution in [2.75, 3.05) is 0 Å². The monoisotopic (exact) mass is 390 g/mol. The fourth-order valence-electron chi connectivity index (χ4n) is 4.20. The number of hydrogen-bond donors (Lipinski definition) is 2. The average molecular weight is 390 g/mol. The third-order valence-electron chi connectivity index (χ3n) is 5.60. The van der Waals surface area contributed by atoms with Crippen molar-refractivity contribution < 1.29 is 0 Å². The molecular formula is C26H22N4. The largest absolute Gasteiger partial charge is 0.326 e. The Hall–Kier alpha value is -3.76. The quantitative estimate of drug-likeness (QED) is 0.424. The van der Waals surface area contributed by atoms with Gasteiger partial charge in [-0.15, -0.1) is 0 Å². The second-order valence-corrected chi connectivity index (χ2v) is 7.35. The minimum atomic E-state index is -0.604. The molecule has 0 spiro atoms. The summed E-state index contributed by atoms with van der Waals surface area (Å²) in [6, 6.07) is 33.5. The Morgan fingerprint density at radius 1 is 0.733 bits per heavy atom. The van der Waals surface area contributed by atoms with E-state index in [-0.39, 0.29) is 0 Å². The summed E-state index contributed by atoms with van der Waals surface area (Å²) in [6.45, 7) is 0.437. The number of nitrogens with two attached hydrogens (primary N) is 1. The topological polar surface area (TPSA) is 67.6 Å². The number of nitrogens with zero attached hydrogens (tertiary/aromatic N) is 2. The second kappa shape index (κ2) is 7.58.